The topological polar surface area (TPSA) is 120 Å². The van der Waals surface area contributed by atoms with Crippen molar-refractivity contribution in [2.45, 2.75) is 18.1 Å². The van der Waals surface area contributed by atoms with Crippen molar-refractivity contribution < 1.29 is 13.5 Å². The third-order valence-electron chi connectivity index (χ3n) is 5.46. The third kappa shape index (κ3) is 5.58. The zero-order valence-electron chi connectivity index (χ0n) is 19.4. The van der Waals surface area contributed by atoms with E-state index in [0.717, 1.165) is 39.3 Å². The highest BCUT2D eigenvalue weighted by Gasteiger charge is 2.29. The van der Waals surface area contributed by atoms with E-state index >= 15 is 0 Å². The second-order valence-corrected chi connectivity index (χ2v) is 9.91. The fraction of sp³-hybridized carbons (Fsp3) is 0.409. The molecule has 12 heteroatoms. The van der Waals surface area contributed by atoms with Crippen LogP contribution in [0.15, 0.2) is 41.7 Å². The fourth-order valence-corrected chi connectivity index (χ4v) is 5.03. The Morgan fingerprint density at radius 1 is 1.29 bits per heavy atom. The molecule has 0 bridgehead atoms. The van der Waals surface area contributed by atoms with Crippen LogP contribution in [0.5, 0.6) is 5.75 Å². The number of aromatic nitrogens is 4. The van der Waals surface area contributed by atoms with E-state index in [4.69, 9.17) is 14.7 Å². The first-order chi connectivity index (χ1) is 16.5. The van der Waals surface area contributed by atoms with Gasteiger partial charge in [-0.05, 0) is 32.2 Å². The molecule has 4 rings (SSSR count). The van der Waals surface area contributed by atoms with Crippen molar-refractivity contribution in [3.05, 3.63) is 36.5 Å². The van der Waals surface area contributed by atoms with E-state index in [0.29, 0.717) is 38.2 Å². The number of nitrogens with zero attached hydrogens (tertiary/aromatic N) is 5. The lowest BCUT2D eigenvalue weighted by molar-refractivity contribution is 0.415. The lowest BCUT2D eigenvalue weighted by Gasteiger charge is -2.18. The van der Waals surface area contributed by atoms with Gasteiger partial charge in [0.15, 0.2) is 5.16 Å². The van der Waals surface area contributed by atoms with E-state index in [1.807, 2.05) is 30.3 Å². The molecule has 2 atom stereocenters. The molecular formula is C22H28N7O3S2-. The van der Waals surface area contributed by atoms with Gasteiger partial charge in [-0.25, -0.2) is 19.3 Å². The third-order valence-corrected chi connectivity index (χ3v) is 7.34. The summed E-state index contributed by atoms with van der Waals surface area (Å²) >= 11 is -0.442. The first-order valence-electron chi connectivity index (χ1n) is 11.0. The first kappa shape index (κ1) is 24.6. The van der Waals surface area contributed by atoms with Gasteiger partial charge >= 0.3 is 0 Å². The highest BCUT2D eigenvalue weighted by molar-refractivity contribution is 7.99. The van der Waals surface area contributed by atoms with Crippen LogP contribution in [0.3, 0.4) is 0 Å². The van der Waals surface area contributed by atoms with E-state index in [1.54, 1.807) is 25.1 Å². The molecule has 0 spiro atoms. The van der Waals surface area contributed by atoms with E-state index in [9.17, 15) is 8.76 Å². The van der Waals surface area contributed by atoms with Crippen LogP contribution in [0.2, 0.25) is 0 Å². The van der Waals surface area contributed by atoms with Crippen LogP contribution in [-0.2, 0) is 11.3 Å². The summed E-state index contributed by atoms with van der Waals surface area (Å²) in [5.41, 5.74) is 3.62. The number of hydrogen-bond acceptors (Lipinski definition) is 9. The molecule has 34 heavy (non-hydrogen) atoms. The van der Waals surface area contributed by atoms with Crippen LogP contribution >= 0.6 is 11.8 Å². The van der Waals surface area contributed by atoms with Crippen molar-refractivity contribution in [3.8, 4) is 28.4 Å². The van der Waals surface area contributed by atoms with Gasteiger partial charge < -0.3 is 24.5 Å². The lowest BCUT2D eigenvalue weighted by Crippen LogP contribution is -2.32. The molecule has 0 radical (unpaired) electrons. The van der Waals surface area contributed by atoms with Crippen molar-refractivity contribution >= 4 is 29.0 Å². The van der Waals surface area contributed by atoms with Crippen molar-refractivity contribution in [3.63, 3.8) is 0 Å². The predicted octanol–water partition coefficient (Wildman–Crippen LogP) is 2.41. The van der Waals surface area contributed by atoms with Crippen molar-refractivity contribution in [2.75, 3.05) is 51.4 Å². The van der Waals surface area contributed by atoms with Crippen molar-refractivity contribution in [1.82, 2.24) is 29.1 Å². The number of rotatable bonds is 11. The first-order valence-corrected chi connectivity index (χ1v) is 13.0. The molecule has 0 saturated heterocycles. The second kappa shape index (κ2) is 11.3. The highest BCUT2D eigenvalue weighted by Crippen LogP contribution is 2.43. The molecule has 0 saturated carbocycles. The molecule has 1 aromatic carbocycles. The molecule has 0 fully saturated rings. The summed E-state index contributed by atoms with van der Waals surface area (Å²) in [6.45, 7) is 4.42. The molecule has 182 valence electrons. The Labute approximate surface area is 206 Å². The zero-order valence-corrected chi connectivity index (χ0v) is 21.0. The van der Waals surface area contributed by atoms with Gasteiger partial charge in [0, 0.05) is 61.0 Å². The Morgan fingerprint density at radius 2 is 2.15 bits per heavy atom. The number of imidazole rings is 1. The quantitative estimate of drug-likeness (QED) is 0.301. The number of nitrogens with one attached hydrogen (secondary N) is 2. The van der Waals surface area contributed by atoms with Gasteiger partial charge in [0.2, 0.25) is 5.95 Å². The predicted molar refractivity (Wildman–Crippen MR) is 134 cm³/mol. The number of benzene rings is 1. The van der Waals surface area contributed by atoms with E-state index in [2.05, 4.69) is 27.1 Å². The van der Waals surface area contributed by atoms with Crippen molar-refractivity contribution in [2.24, 2.45) is 0 Å². The number of hydrogen-bond donors (Lipinski definition) is 2. The molecule has 1 aliphatic heterocycles. The van der Waals surface area contributed by atoms with E-state index in [-0.39, 0.29) is 0 Å². The lowest BCUT2D eigenvalue weighted by atomic mass is 10.1. The maximum atomic E-state index is 10.8. The number of likely N-dealkylation sites (N-methyl/N-ethyl adjacent to an activating group) is 1. The van der Waals surface area contributed by atoms with Crippen LogP contribution in [-0.4, -0.2) is 78.7 Å². The number of anilines is 1. The number of fused-ring (bicyclic) bond motifs is 1. The van der Waals surface area contributed by atoms with Crippen LogP contribution in [0.4, 0.5) is 5.95 Å². The molecule has 2 aromatic heterocycles. The van der Waals surface area contributed by atoms with E-state index in [1.165, 1.54) is 11.4 Å². The summed E-state index contributed by atoms with van der Waals surface area (Å²) < 4.78 is 30.6. The summed E-state index contributed by atoms with van der Waals surface area (Å²) in [6.07, 6.45) is 1.75. The second-order valence-electron chi connectivity index (χ2n) is 7.86. The van der Waals surface area contributed by atoms with Crippen LogP contribution < -0.4 is 15.4 Å². The van der Waals surface area contributed by atoms with E-state index < -0.39 is 11.3 Å². The fourth-order valence-electron chi connectivity index (χ4n) is 3.68. The summed E-state index contributed by atoms with van der Waals surface area (Å²) in [5.74, 6) is 2.29. The van der Waals surface area contributed by atoms with Gasteiger partial charge in [-0.1, -0.05) is 23.9 Å². The molecule has 3 aromatic rings. The maximum absolute atomic E-state index is 10.8. The molecule has 10 nitrogen and oxygen atoms in total. The van der Waals surface area contributed by atoms with Gasteiger partial charge in [-0.2, -0.15) is 0 Å². The van der Waals surface area contributed by atoms with Gasteiger partial charge in [0.05, 0.1) is 24.2 Å². The normalized spacial score (nSPS) is 16.0. The van der Waals surface area contributed by atoms with Gasteiger partial charge in [-0.3, -0.25) is 4.21 Å². The smallest absolute Gasteiger partial charge is 0.223 e. The molecular weight excluding hydrogens is 474 g/mol. The SMILES string of the molecule is COc1cccc(-c2nc3n(c2-c2ccnc(NCCNCCN(C)S(=O)[O-])n2)C(C)CS3)c1. The Morgan fingerprint density at radius 3 is 2.94 bits per heavy atom. The summed E-state index contributed by atoms with van der Waals surface area (Å²) in [7, 11) is 3.19. The van der Waals surface area contributed by atoms with Crippen molar-refractivity contribution in [1.29, 1.82) is 0 Å². The molecule has 2 N–H and O–H groups in total. The van der Waals surface area contributed by atoms with Crippen LogP contribution in [0.25, 0.3) is 22.6 Å². The Hall–Kier alpha value is -2.51. The average molecular weight is 503 g/mol. The molecule has 0 amide bonds. The Balaban J connectivity index is 1.51. The summed E-state index contributed by atoms with van der Waals surface area (Å²) in [5, 5.41) is 7.43. The zero-order chi connectivity index (χ0) is 24.1. The monoisotopic (exact) mass is 502 g/mol. The minimum absolute atomic E-state index is 0.305. The summed E-state index contributed by atoms with van der Waals surface area (Å²) in [6, 6.07) is 10.1. The maximum Gasteiger partial charge on any atom is 0.223 e. The largest absolute Gasteiger partial charge is 0.760 e. The van der Waals surface area contributed by atoms with Gasteiger partial charge in [-0.15, -0.1) is 0 Å². The molecule has 1 aliphatic rings. The minimum atomic E-state index is -2.19. The Bertz CT molecular complexity index is 1160. The standard InChI is InChI=1S/C22H29N7O3S2/c1-15-14-33-22-27-19(16-5-4-6-17(13-16)32-3)20(29(15)22)18-7-8-24-21(26-18)25-10-9-23-11-12-28(2)34(30)31/h4-8,13,15,23H,9-12,14H2,1-3H3,(H,30,31)(H,24,25,26)/p-1. The van der Waals surface area contributed by atoms with Crippen LogP contribution in [0.1, 0.15) is 13.0 Å². The van der Waals surface area contributed by atoms with Gasteiger partial charge in [0.25, 0.3) is 0 Å². The van der Waals surface area contributed by atoms with Crippen LogP contribution in [0, 0.1) is 0 Å². The van der Waals surface area contributed by atoms with Gasteiger partial charge in [0.1, 0.15) is 5.75 Å². The minimum Gasteiger partial charge on any atom is -0.760 e. The number of thioether (sulfide) groups is 1. The highest BCUT2D eigenvalue weighted by atomic mass is 32.2. The molecule has 3 heterocycles. The number of methoxy groups -OCH3 is 1. The summed E-state index contributed by atoms with van der Waals surface area (Å²) in [4.78, 5) is 14.1. The number of ether oxygens (including phenoxy) is 1. The average Bonchev–Trinajstić information content (AvgIpc) is 3.41. The molecule has 2 unspecified atom stereocenters. The molecule has 0 aliphatic carbocycles. The Kier molecular flexibility index (Phi) is 8.16.